The molecule has 0 saturated heterocycles. The molecule has 0 fully saturated rings. The zero-order valence-electron chi connectivity index (χ0n) is 3.03. The first-order chi connectivity index (χ1) is 0. The van der Waals surface area contributed by atoms with Crippen molar-refractivity contribution in [2.45, 2.75) is 0 Å². The Hall–Kier alpha value is 1.01. The van der Waals surface area contributed by atoms with Crippen molar-refractivity contribution in [2.75, 3.05) is 0 Å². The summed E-state index contributed by atoms with van der Waals surface area (Å²) in [6, 6.07) is 0. The van der Waals surface area contributed by atoms with E-state index in [0.29, 0.717) is 0 Å². The molecule has 0 bridgehead atoms. The predicted octanol–water partition coefficient (Wildman–Crippen LogP) is 3.44. The van der Waals surface area contributed by atoms with Crippen LogP contribution >= 0.6 is 17.0 Å². The summed E-state index contributed by atoms with van der Waals surface area (Å²) in [6.07, 6.45) is 0. The number of rotatable bonds is 0. The van der Waals surface area contributed by atoms with Crippen LogP contribution in [0.15, 0.2) is 0 Å². The molecule has 0 aliphatic heterocycles. The molecule has 0 spiro atoms. The largest absolute Gasteiger partial charge is 4.00 e. The van der Waals surface area contributed by atoms with Crippen LogP contribution in [0.1, 0.15) is 0 Å². The van der Waals surface area contributed by atoms with Gasteiger partial charge in [-0.1, -0.05) is 0 Å². The SMILES string of the molecule is Br.[NH2-].[NH2-].[NH2-].[NH2-].[Pt+4]. The van der Waals surface area contributed by atoms with Crippen LogP contribution in [0.3, 0.4) is 0 Å². The average molecular weight is 340 g/mol. The second-order valence-corrected chi connectivity index (χ2v) is 0. The van der Waals surface area contributed by atoms with Gasteiger partial charge in [-0.2, -0.15) is 0 Å². The van der Waals surface area contributed by atoms with Gasteiger partial charge in [0.1, 0.15) is 0 Å². The van der Waals surface area contributed by atoms with Gasteiger partial charge in [-0.3, -0.25) is 0 Å². The molecule has 0 aromatic carbocycles. The van der Waals surface area contributed by atoms with Crippen LogP contribution in [0.25, 0.3) is 24.6 Å². The number of hydrogen-bond acceptors (Lipinski definition) is 0. The fraction of sp³-hybridized carbons (Fsp3) is 0. The second-order valence-electron chi connectivity index (χ2n) is 0. The molecular weight excluding hydrogens is 331 g/mol. The first-order valence-electron chi connectivity index (χ1n) is 0. The van der Waals surface area contributed by atoms with Gasteiger partial charge in [0.15, 0.2) is 0 Å². The molecule has 0 aromatic heterocycles. The van der Waals surface area contributed by atoms with Crippen LogP contribution in [0, 0.1) is 0 Å². The van der Waals surface area contributed by atoms with Gasteiger partial charge in [-0.15, -0.1) is 17.0 Å². The normalized spacial score (nSPS) is 0. The molecule has 46 valence electrons. The summed E-state index contributed by atoms with van der Waals surface area (Å²) < 4.78 is 0. The Balaban J connectivity index is 0. The van der Waals surface area contributed by atoms with E-state index < -0.39 is 0 Å². The van der Waals surface area contributed by atoms with E-state index in [-0.39, 0.29) is 62.6 Å². The van der Waals surface area contributed by atoms with E-state index in [1.165, 1.54) is 0 Å². The maximum absolute atomic E-state index is 0. The van der Waals surface area contributed by atoms with Crippen molar-refractivity contribution in [1.29, 1.82) is 0 Å². The summed E-state index contributed by atoms with van der Waals surface area (Å²) in [4.78, 5) is 0. The third-order valence-electron chi connectivity index (χ3n) is 0. The van der Waals surface area contributed by atoms with Gasteiger partial charge in [0.25, 0.3) is 0 Å². The molecule has 8 N–H and O–H groups in total. The van der Waals surface area contributed by atoms with Gasteiger partial charge in [0.2, 0.25) is 0 Å². The van der Waals surface area contributed by atoms with Crippen molar-refractivity contribution in [3.63, 3.8) is 0 Å². The molecule has 4 nitrogen and oxygen atoms in total. The van der Waals surface area contributed by atoms with Gasteiger partial charge in [0.05, 0.1) is 0 Å². The smallest absolute Gasteiger partial charge is 0.693 e. The quantitative estimate of drug-likeness (QED) is 0.638. The monoisotopic (exact) mass is 339 g/mol. The molecule has 0 amide bonds. The molecule has 0 rings (SSSR count). The molecule has 6 heavy (non-hydrogen) atoms. The Morgan fingerprint density at radius 1 is 0.500 bits per heavy atom. The average Bonchev–Trinajstić information content (AvgIpc) is 0. The molecule has 6 heteroatoms. The van der Waals surface area contributed by atoms with Crippen molar-refractivity contribution in [3.05, 3.63) is 24.6 Å². The molecule has 0 heterocycles. The van der Waals surface area contributed by atoms with Gasteiger partial charge in [-0.25, -0.2) is 0 Å². The van der Waals surface area contributed by atoms with E-state index in [4.69, 9.17) is 0 Å². The summed E-state index contributed by atoms with van der Waals surface area (Å²) in [7, 11) is 0. The first kappa shape index (κ1) is 249. The molecule has 0 radical (unpaired) electrons. The standard InChI is InChI=1S/BrH.4H2N.Pt/h1H;4*1H2;/q;4*-1;+4. The number of halogens is 1. The van der Waals surface area contributed by atoms with Crippen molar-refractivity contribution in [1.82, 2.24) is 0 Å². The zero-order valence-corrected chi connectivity index (χ0v) is 7.02. The third kappa shape index (κ3) is 79.1. The third-order valence-corrected chi connectivity index (χ3v) is 0. The zero-order chi connectivity index (χ0) is 0. The van der Waals surface area contributed by atoms with E-state index in [9.17, 15) is 0 Å². The van der Waals surface area contributed by atoms with Crippen LogP contribution in [0.5, 0.6) is 0 Å². The molecule has 0 atom stereocenters. The molecular formula is H9BrN4Pt. The number of nitrogens with two attached hydrogens (primary N) is 4. The van der Waals surface area contributed by atoms with Gasteiger partial charge in [0, 0.05) is 0 Å². The number of hydrogen-bond donors (Lipinski definition) is 0. The molecule has 0 aromatic rings. The van der Waals surface area contributed by atoms with Crippen LogP contribution < -0.4 is 0 Å². The minimum Gasteiger partial charge on any atom is -0.693 e. The van der Waals surface area contributed by atoms with E-state index >= 15 is 0 Å². The maximum Gasteiger partial charge on any atom is 4.00 e. The second kappa shape index (κ2) is 148. The fourth-order valence-corrected chi connectivity index (χ4v) is 0. The Bertz CT molecular complexity index is 7.51. The van der Waals surface area contributed by atoms with Crippen molar-refractivity contribution in [3.8, 4) is 0 Å². The van der Waals surface area contributed by atoms with E-state index in [1.807, 2.05) is 0 Å². The van der Waals surface area contributed by atoms with Crippen LogP contribution in [0.4, 0.5) is 0 Å². The molecule has 0 aliphatic carbocycles. The maximum atomic E-state index is 0. The summed E-state index contributed by atoms with van der Waals surface area (Å²) in [5.41, 5.74) is 0. The first-order valence-corrected chi connectivity index (χ1v) is 0. The van der Waals surface area contributed by atoms with E-state index in [2.05, 4.69) is 0 Å². The van der Waals surface area contributed by atoms with Gasteiger partial charge < -0.3 is 24.6 Å². The van der Waals surface area contributed by atoms with E-state index in [1.54, 1.807) is 0 Å². The van der Waals surface area contributed by atoms with Crippen LogP contribution in [0.2, 0.25) is 0 Å². The minimum absolute atomic E-state index is 0. The predicted molar refractivity (Wildman–Crippen MR) is 31.5 cm³/mol. The van der Waals surface area contributed by atoms with Crippen molar-refractivity contribution < 1.29 is 21.1 Å². The summed E-state index contributed by atoms with van der Waals surface area (Å²) in [6.45, 7) is 0. The Kier molecular flexibility index (Phi) is 6150. The molecule has 0 aliphatic rings. The fourth-order valence-electron chi connectivity index (χ4n) is 0. The topological polar surface area (TPSA) is 134 Å². The Morgan fingerprint density at radius 2 is 0.500 bits per heavy atom. The van der Waals surface area contributed by atoms with E-state index in [0.717, 1.165) is 0 Å². The molecule has 0 unspecified atom stereocenters. The minimum atomic E-state index is 0. The van der Waals surface area contributed by atoms with Crippen LogP contribution in [-0.4, -0.2) is 0 Å². The Morgan fingerprint density at radius 3 is 0.500 bits per heavy atom. The van der Waals surface area contributed by atoms with Crippen LogP contribution in [-0.2, 0) is 21.1 Å². The summed E-state index contributed by atoms with van der Waals surface area (Å²) in [5, 5.41) is 0. The van der Waals surface area contributed by atoms with Gasteiger partial charge >= 0.3 is 21.1 Å². The van der Waals surface area contributed by atoms with Crippen molar-refractivity contribution in [2.24, 2.45) is 0 Å². The van der Waals surface area contributed by atoms with Gasteiger partial charge in [-0.05, 0) is 0 Å². The summed E-state index contributed by atoms with van der Waals surface area (Å²) in [5.74, 6) is 0. The van der Waals surface area contributed by atoms with Crippen molar-refractivity contribution >= 4 is 17.0 Å². The summed E-state index contributed by atoms with van der Waals surface area (Å²) >= 11 is 0. The molecule has 0 saturated carbocycles. The Labute approximate surface area is 62.8 Å².